The third kappa shape index (κ3) is 6.05. The molecule has 10 atom stereocenters. The fourth-order valence-electron chi connectivity index (χ4n) is 3.40. The molecule has 7 N–H and O–H groups in total. The normalized spacial score (nSPS) is 43.4. The molecule has 11 nitrogen and oxygen atoms in total. The fraction of sp³-hybridized carbons (Fsp3) is 1.00. The van der Waals surface area contributed by atoms with E-state index in [0.717, 1.165) is 25.7 Å². The molecule has 0 aromatic rings. The number of hydrogen-bond donors (Lipinski definition) is 7. The van der Waals surface area contributed by atoms with E-state index < -0.39 is 74.6 Å². The smallest absolute Gasteiger partial charge is 0.187 e. The average molecular weight is 426 g/mol. The fourth-order valence-corrected chi connectivity index (χ4v) is 3.40. The SMILES string of the molecule is CCCCCCOC1OC(CO)C(O)C(O)C1OC1OC(CO)C(O)C(O)C1O. The van der Waals surface area contributed by atoms with Gasteiger partial charge in [0.1, 0.15) is 48.8 Å². The lowest BCUT2D eigenvalue weighted by Gasteiger charge is -2.45. The monoisotopic (exact) mass is 426 g/mol. The lowest BCUT2D eigenvalue weighted by Crippen LogP contribution is -2.64. The number of aliphatic hydroxyl groups excluding tert-OH is 7. The van der Waals surface area contributed by atoms with E-state index in [1.54, 1.807) is 0 Å². The lowest BCUT2D eigenvalue weighted by atomic mass is 9.97. The first kappa shape index (κ1) is 24.8. The molecule has 11 heteroatoms. The lowest BCUT2D eigenvalue weighted by molar-refractivity contribution is -0.367. The Morgan fingerprint density at radius 3 is 1.86 bits per heavy atom. The summed E-state index contributed by atoms with van der Waals surface area (Å²) in [6.07, 6.45) is -10.5. The Balaban J connectivity index is 2.07. The van der Waals surface area contributed by atoms with Gasteiger partial charge in [0.25, 0.3) is 0 Å². The van der Waals surface area contributed by atoms with E-state index in [9.17, 15) is 35.7 Å². The van der Waals surface area contributed by atoms with Gasteiger partial charge in [-0.15, -0.1) is 0 Å². The Morgan fingerprint density at radius 2 is 1.28 bits per heavy atom. The molecule has 2 fully saturated rings. The molecule has 2 rings (SSSR count). The molecular formula is C18H34O11. The third-order valence-corrected chi connectivity index (χ3v) is 5.24. The quantitative estimate of drug-likeness (QED) is 0.180. The van der Waals surface area contributed by atoms with E-state index >= 15 is 0 Å². The molecule has 0 amide bonds. The van der Waals surface area contributed by atoms with Crippen LogP contribution < -0.4 is 0 Å². The van der Waals surface area contributed by atoms with E-state index in [2.05, 4.69) is 6.92 Å². The Morgan fingerprint density at radius 1 is 0.690 bits per heavy atom. The van der Waals surface area contributed by atoms with Crippen LogP contribution in [0.4, 0.5) is 0 Å². The van der Waals surface area contributed by atoms with E-state index in [4.69, 9.17) is 18.9 Å². The second-order valence-corrected chi connectivity index (χ2v) is 7.44. The van der Waals surface area contributed by atoms with Gasteiger partial charge in [-0.25, -0.2) is 0 Å². The summed E-state index contributed by atoms with van der Waals surface area (Å²) in [5.74, 6) is 0. The van der Waals surface area contributed by atoms with Crippen LogP contribution >= 0.6 is 0 Å². The van der Waals surface area contributed by atoms with Crippen molar-refractivity contribution in [1.82, 2.24) is 0 Å². The molecule has 0 bridgehead atoms. The van der Waals surface area contributed by atoms with Crippen LogP contribution in [0.5, 0.6) is 0 Å². The van der Waals surface area contributed by atoms with Crippen molar-refractivity contribution in [3.8, 4) is 0 Å². The first-order chi connectivity index (χ1) is 13.8. The molecule has 0 aromatic carbocycles. The molecule has 2 heterocycles. The maximum Gasteiger partial charge on any atom is 0.187 e. The molecule has 10 unspecified atom stereocenters. The highest BCUT2D eigenvalue weighted by Crippen LogP contribution is 2.29. The Bertz CT molecular complexity index is 465. The largest absolute Gasteiger partial charge is 0.394 e. The molecule has 0 radical (unpaired) electrons. The molecule has 0 aromatic heterocycles. The minimum atomic E-state index is -1.68. The van der Waals surface area contributed by atoms with Crippen molar-refractivity contribution >= 4 is 0 Å². The second kappa shape index (κ2) is 11.8. The first-order valence-corrected chi connectivity index (χ1v) is 10.1. The van der Waals surface area contributed by atoms with Crippen LogP contribution in [0.2, 0.25) is 0 Å². The number of aliphatic hydroxyl groups is 7. The molecule has 2 aliphatic heterocycles. The van der Waals surface area contributed by atoms with Gasteiger partial charge in [-0.3, -0.25) is 0 Å². The number of ether oxygens (including phenoxy) is 4. The minimum Gasteiger partial charge on any atom is -0.394 e. The standard InChI is InChI=1S/C18H34O11/c1-2-3-4-5-6-26-18-16(14(24)12(22)10(8-20)28-18)29-17-15(25)13(23)11(21)9(7-19)27-17/h9-25H,2-8H2,1H3. The number of unbranched alkanes of at least 4 members (excludes halogenated alkanes) is 3. The van der Waals surface area contributed by atoms with Crippen molar-refractivity contribution in [1.29, 1.82) is 0 Å². The highest BCUT2D eigenvalue weighted by Gasteiger charge is 2.50. The van der Waals surface area contributed by atoms with Crippen LogP contribution in [0.25, 0.3) is 0 Å². The van der Waals surface area contributed by atoms with Crippen LogP contribution in [0.3, 0.4) is 0 Å². The summed E-state index contributed by atoms with van der Waals surface area (Å²) in [7, 11) is 0. The Hall–Kier alpha value is -0.440. The molecular weight excluding hydrogens is 392 g/mol. The maximum absolute atomic E-state index is 10.5. The summed E-state index contributed by atoms with van der Waals surface area (Å²) in [4.78, 5) is 0. The zero-order valence-corrected chi connectivity index (χ0v) is 16.5. The van der Waals surface area contributed by atoms with E-state index in [1.807, 2.05) is 0 Å². The van der Waals surface area contributed by atoms with Gasteiger partial charge in [0.05, 0.1) is 13.2 Å². The van der Waals surface area contributed by atoms with Crippen molar-refractivity contribution < 1.29 is 54.7 Å². The van der Waals surface area contributed by atoms with Gasteiger partial charge in [0.2, 0.25) is 0 Å². The van der Waals surface area contributed by atoms with Gasteiger partial charge in [-0.2, -0.15) is 0 Å². The van der Waals surface area contributed by atoms with Crippen molar-refractivity contribution in [3.63, 3.8) is 0 Å². The van der Waals surface area contributed by atoms with Gasteiger partial charge in [0, 0.05) is 6.61 Å². The summed E-state index contributed by atoms with van der Waals surface area (Å²) in [6.45, 7) is 1.15. The van der Waals surface area contributed by atoms with E-state index in [0.29, 0.717) is 0 Å². The number of rotatable bonds is 10. The number of hydrogen-bond acceptors (Lipinski definition) is 11. The molecule has 0 saturated carbocycles. The summed E-state index contributed by atoms with van der Waals surface area (Å²) in [5.41, 5.74) is 0. The molecule has 0 spiro atoms. The molecule has 172 valence electrons. The predicted octanol–water partition coefficient (Wildman–Crippen LogP) is -2.79. The van der Waals surface area contributed by atoms with Crippen LogP contribution in [0.15, 0.2) is 0 Å². The van der Waals surface area contributed by atoms with Crippen molar-refractivity contribution in [2.24, 2.45) is 0 Å². The molecule has 2 saturated heterocycles. The summed E-state index contributed by atoms with van der Waals surface area (Å²) < 4.78 is 22.0. The van der Waals surface area contributed by atoms with Gasteiger partial charge >= 0.3 is 0 Å². The molecule has 0 aliphatic carbocycles. The summed E-state index contributed by atoms with van der Waals surface area (Å²) >= 11 is 0. The topological polar surface area (TPSA) is 179 Å². The van der Waals surface area contributed by atoms with Crippen molar-refractivity contribution in [2.75, 3.05) is 19.8 Å². The van der Waals surface area contributed by atoms with Gasteiger partial charge in [-0.1, -0.05) is 26.2 Å². The third-order valence-electron chi connectivity index (χ3n) is 5.24. The Kier molecular flexibility index (Phi) is 10.1. The van der Waals surface area contributed by atoms with Crippen LogP contribution in [-0.2, 0) is 18.9 Å². The first-order valence-electron chi connectivity index (χ1n) is 10.1. The molecule has 29 heavy (non-hydrogen) atoms. The van der Waals surface area contributed by atoms with Crippen molar-refractivity contribution in [2.45, 2.75) is 94.0 Å². The maximum atomic E-state index is 10.5. The van der Waals surface area contributed by atoms with Gasteiger partial charge in [-0.05, 0) is 6.42 Å². The van der Waals surface area contributed by atoms with E-state index in [-0.39, 0.29) is 6.61 Å². The Labute approximate surface area is 169 Å². The zero-order chi connectivity index (χ0) is 21.6. The van der Waals surface area contributed by atoms with Crippen LogP contribution in [-0.4, -0.2) is 117 Å². The van der Waals surface area contributed by atoms with E-state index in [1.165, 1.54) is 0 Å². The minimum absolute atomic E-state index is 0.278. The van der Waals surface area contributed by atoms with Crippen molar-refractivity contribution in [3.05, 3.63) is 0 Å². The molecule has 2 aliphatic rings. The van der Waals surface area contributed by atoms with Crippen LogP contribution in [0.1, 0.15) is 32.6 Å². The second-order valence-electron chi connectivity index (χ2n) is 7.44. The average Bonchev–Trinajstić information content (AvgIpc) is 2.72. The predicted molar refractivity (Wildman–Crippen MR) is 96.5 cm³/mol. The highest BCUT2D eigenvalue weighted by molar-refractivity contribution is 4.93. The summed E-state index contributed by atoms with van der Waals surface area (Å²) in [6, 6.07) is 0. The zero-order valence-electron chi connectivity index (χ0n) is 16.5. The van der Waals surface area contributed by atoms with Gasteiger partial charge in [0.15, 0.2) is 12.6 Å². The summed E-state index contributed by atoms with van der Waals surface area (Å²) in [5, 5.41) is 69.2. The van der Waals surface area contributed by atoms with Crippen LogP contribution in [0, 0.1) is 0 Å². The van der Waals surface area contributed by atoms with Gasteiger partial charge < -0.3 is 54.7 Å². The highest BCUT2D eigenvalue weighted by atomic mass is 16.8.